The monoisotopic (exact) mass is 267 g/mol. The van der Waals surface area contributed by atoms with Crippen LogP contribution in [0.1, 0.15) is 13.3 Å². The molecule has 0 unspecified atom stereocenters. The molecule has 1 aromatic rings. The van der Waals surface area contributed by atoms with Crippen molar-refractivity contribution in [2.75, 3.05) is 30.3 Å². The molecule has 0 amide bonds. The summed E-state index contributed by atoms with van der Waals surface area (Å²) in [5.74, 6) is 0.196. The van der Waals surface area contributed by atoms with E-state index in [0.29, 0.717) is 6.61 Å². The molecule has 0 bridgehead atoms. The molecule has 0 spiro atoms. The van der Waals surface area contributed by atoms with Crippen molar-refractivity contribution in [3.8, 4) is 5.75 Å². The predicted molar refractivity (Wildman–Crippen MR) is 72.8 cm³/mol. The molecule has 0 aliphatic carbocycles. The number of hydrogen-bond acceptors (Lipinski definition) is 4. The third-order valence-electron chi connectivity index (χ3n) is 2.75. The number of thioether (sulfide) groups is 1. The van der Waals surface area contributed by atoms with Crippen molar-refractivity contribution in [1.82, 2.24) is 0 Å². The minimum absolute atomic E-state index is 0.0907. The molecule has 0 aromatic heterocycles. The third kappa shape index (κ3) is 3.10. The maximum absolute atomic E-state index is 10.6. The highest BCUT2D eigenvalue weighted by molar-refractivity contribution is 8.00. The summed E-state index contributed by atoms with van der Waals surface area (Å²) in [5, 5.41) is 8.69. The number of hydrogen-bond donors (Lipinski definition) is 1. The molecular formula is C13H17NO3S. The first kappa shape index (κ1) is 13.1. The van der Waals surface area contributed by atoms with Crippen LogP contribution >= 0.6 is 11.8 Å². The van der Waals surface area contributed by atoms with Crippen LogP contribution in [0.2, 0.25) is 0 Å². The number of benzene rings is 1. The molecule has 4 nitrogen and oxygen atoms in total. The molecule has 0 radical (unpaired) electrons. The van der Waals surface area contributed by atoms with Crippen LogP contribution in [0.25, 0.3) is 0 Å². The van der Waals surface area contributed by atoms with E-state index in [1.165, 1.54) is 11.8 Å². The average molecular weight is 267 g/mol. The van der Waals surface area contributed by atoms with Gasteiger partial charge in [0.15, 0.2) is 0 Å². The van der Waals surface area contributed by atoms with Gasteiger partial charge in [-0.3, -0.25) is 4.79 Å². The van der Waals surface area contributed by atoms with Gasteiger partial charge in [-0.1, -0.05) is 6.92 Å². The van der Waals surface area contributed by atoms with Crippen LogP contribution in [0.15, 0.2) is 23.1 Å². The van der Waals surface area contributed by atoms with E-state index in [2.05, 4.69) is 11.8 Å². The van der Waals surface area contributed by atoms with Gasteiger partial charge in [-0.05, 0) is 24.6 Å². The van der Waals surface area contributed by atoms with Crippen molar-refractivity contribution < 1.29 is 14.6 Å². The second-order valence-electron chi connectivity index (χ2n) is 4.15. The lowest BCUT2D eigenvalue weighted by molar-refractivity contribution is -0.133. The Bertz CT molecular complexity index is 436. The van der Waals surface area contributed by atoms with E-state index in [1.807, 2.05) is 18.2 Å². The Labute approximate surface area is 111 Å². The van der Waals surface area contributed by atoms with E-state index >= 15 is 0 Å². The zero-order valence-electron chi connectivity index (χ0n) is 10.4. The van der Waals surface area contributed by atoms with Crippen molar-refractivity contribution >= 4 is 23.4 Å². The Morgan fingerprint density at radius 2 is 2.39 bits per heavy atom. The van der Waals surface area contributed by atoms with Crippen LogP contribution < -0.4 is 9.64 Å². The number of carbonyl (C=O) groups is 1. The summed E-state index contributed by atoms with van der Waals surface area (Å²) in [6, 6.07) is 5.88. The van der Waals surface area contributed by atoms with E-state index in [4.69, 9.17) is 9.84 Å². The summed E-state index contributed by atoms with van der Waals surface area (Å²) in [6.45, 7) is 4.77. The zero-order chi connectivity index (χ0) is 13.0. The fourth-order valence-corrected chi connectivity index (χ4v) is 2.64. The Hall–Kier alpha value is -1.36. The predicted octanol–water partition coefficient (Wildman–Crippen LogP) is 2.47. The molecule has 5 heteroatoms. The van der Waals surface area contributed by atoms with Gasteiger partial charge in [-0.15, -0.1) is 11.8 Å². The summed E-state index contributed by atoms with van der Waals surface area (Å²) in [7, 11) is 0. The zero-order valence-corrected chi connectivity index (χ0v) is 11.2. The summed E-state index contributed by atoms with van der Waals surface area (Å²) in [5.41, 5.74) is 1.08. The molecule has 2 rings (SSSR count). The average Bonchev–Trinajstić information content (AvgIpc) is 2.37. The van der Waals surface area contributed by atoms with Gasteiger partial charge in [-0.2, -0.15) is 0 Å². The third-order valence-corrected chi connectivity index (χ3v) is 3.72. The van der Waals surface area contributed by atoms with Crippen molar-refractivity contribution in [1.29, 1.82) is 0 Å². The number of fused-ring (bicyclic) bond motifs is 1. The first-order valence-corrected chi connectivity index (χ1v) is 7.05. The van der Waals surface area contributed by atoms with Gasteiger partial charge in [0, 0.05) is 11.4 Å². The number of rotatable bonds is 5. The van der Waals surface area contributed by atoms with Crippen LogP contribution in [0.5, 0.6) is 5.75 Å². The van der Waals surface area contributed by atoms with E-state index in [1.54, 1.807) is 0 Å². The van der Waals surface area contributed by atoms with Gasteiger partial charge >= 0.3 is 5.97 Å². The minimum atomic E-state index is -0.792. The lowest BCUT2D eigenvalue weighted by Crippen LogP contribution is -2.33. The summed E-state index contributed by atoms with van der Waals surface area (Å²) in [6.07, 6.45) is 1.09. The maximum Gasteiger partial charge on any atom is 0.313 e. The highest BCUT2D eigenvalue weighted by atomic mass is 32.2. The Morgan fingerprint density at radius 1 is 1.56 bits per heavy atom. The Morgan fingerprint density at radius 3 is 3.11 bits per heavy atom. The molecule has 0 fully saturated rings. The normalized spacial score (nSPS) is 13.9. The van der Waals surface area contributed by atoms with Gasteiger partial charge in [0.25, 0.3) is 0 Å². The van der Waals surface area contributed by atoms with Gasteiger partial charge in [0.05, 0.1) is 18.0 Å². The Balaban J connectivity index is 2.16. The van der Waals surface area contributed by atoms with E-state index < -0.39 is 5.97 Å². The lowest BCUT2D eigenvalue weighted by atomic mass is 10.2. The number of carboxylic acid groups (broad SMARTS) is 1. The van der Waals surface area contributed by atoms with Crippen molar-refractivity contribution in [2.24, 2.45) is 0 Å². The molecule has 1 aliphatic rings. The molecule has 0 saturated carbocycles. The fraction of sp³-hybridized carbons (Fsp3) is 0.462. The highest BCUT2D eigenvalue weighted by Crippen LogP contribution is 2.35. The number of nitrogens with zero attached hydrogens (tertiary/aromatic N) is 1. The summed E-state index contributed by atoms with van der Waals surface area (Å²) >= 11 is 1.34. The number of aliphatic carboxylic acids is 1. The second-order valence-corrected chi connectivity index (χ2v) is 5.20. The molecular weight excluding hydrogens is 250 g/mol. The SMILES string of the molecule is CCCN1CCOc2ccc(SCC(=O)O)cc21. The molecule has 1 aromatic carbocycles. The van der Waals surface area contributed by atoms with Gasteiger partial charge in [-0.25, -0.2) is 0 Å². The van der Waals surface area contributed by atoms with Gasteiger partial charge < -0.3 is 14.7 Å². The Kier molecular flexibility index (Phi) is 4.36. The van der Waals surface area contributed by atoms with Crippen LogP contribution in [-0.4, -0.2) is 36.5 Å². The van der Waals surface area contributed by atoms with Crippen molar-refractivity contribution in [3.63, 3.8) is 0 Å². The van der Waals surface area contributed by atoms with Gasteiger partial charge in [0.1, 0.15) is 12.4 Å². The largest absolute Gasteiger partial charge is 0.490 e. The quantitative estimate of drug-likeness (QED) is 0.831. The molecule has 98 valence electrons. The van der Waals surface area contributed by atoms with E-state index in [0.717, 1.165) is 35.8 Å². The first-order chi connectivity index (χ1) is 8.70. The smallest absolute Gasteiger partial charge is 0.313 e. The van der Waals surface area contributed by atoms with Gasteiger partial charge in [0.2, 0.25) is 0 Å². The number of carboxylic acids is 1. The van der Waals surface area contributed by atoms with Crippen LogP contribution in [0.4, 0.5) is 5.69 Å². The summed E-state index contributed by atoms with van der Waals surface area (Å²) < 4.78 is 5.61. The maximum atomic E-state index is 10.6. The van der Waals surface area contributed by atoms with Crippen LogP contribution in [-0.2, 0) is 4.79 Å². The topological polar surface area (TPSA) is 49.8 Å². The first-order valence-electron chi connectivity index (χ1n) is 6.07. The lowest BCUT2D eigenvalue weighted by Gasteiger charge is -2.31. The minimum Gasteiger partial charge on any atom is -0.490 e. The van der Waals surface area contributed by atoms with Crippen molar-refractivity contribution in [3.05, 3.63) is 18.2 Å². The molecule has 1 heterocycles. The summed E-state index contributed by atoms with van der Waals surface area (Å²) in [4.78, 5) is 13.8. The van der Waals surface area contributed by atoms with E-state index in [-0.39, 0.29) is 5.75 Å². The molecule has 0 atom stereocenters. The molecule has 1 aliphatic heterocycles. The van der Waals surface area contributed by atoms with Crippen molar-refractivity contribution in [2.45, 2.75) is 18.2 Å². The fourth-order valence-electron chi connectivity index (χ4n) is 1.99. The molecule has 1 N–H and O–H groups in total. The van der Waals surface area contributed by atoms with E-state index in [9.17, 15) is 4.79 Å². The molecule has 0 saturated heterocycles. The highest BCUT2D eigenvalue weighted by Gasteiger charge is 2.17. The molecule has 18 heavy (non-hydrogen) atoms. The van der Waals surface area contributed by atoms with Crippen LogP contribution in [0, 0.1) is 0 Å². The number of ether oxygens (including phenoxy) is 1. The second kappa shape index (κ2) is 6.00. The standard InChI is InChI=1S/C13H17NO3S/c1-2-5-14-6-7-17-12-4-3-10(8-11(12)14)18-9-13(15)16/h3-4,8H,2,5-7,9H2,1H3,(H,15,16). The van der Waals surface area contributed by atoms with Crippen LogP contribution in [0.3, 0.4) is 0 Å². The number of anilines is 1.